The number of fused-ring (bicyclic) bond motifs is 1. The minimum absolute atomic E-state index is 0.0675. The van der Waals surface area contributed by atoms with Crippen LogP contribution >= 0.6 is 0 Å². The molecule has 1 fully saturated rings. The summed E-state index contributed by atoms with van der Waals surface area (Å²) in [5.74, 6) is -0.929. The summed E-state index contributed by atoms with van der Waals surface area (Å²) in [6.07, 6.45) is 1.06. The number of rotatable bonds is 4. The van der Waals surface area contributed by atoms with Crippen LogP contribution in [0.15, 0.2) is 18.2 Å². The normalized spacial score (nSPS) is 23.3. The standard InChI is InChI=1S/C17H21FN2O3/c1-2-20(9-11-5-6-23-10-11)17(22)14-8-16(21)19-15-7-12(18)3-4-13(14)15/h3-4,7,11,14H,2,5-6,8-10H2,1H3,(H,19,21). The number of benzene rings is 1. The topological polar surface area (TPSA) is 58.6 Å². The molecule has 2 atom stereocenters. The Morgan fingerprint density at radius 2 is 2.30 bits per heavy atom. The molecule has 5 nitrogen and oxygen atoms in total. The maximum Gasteiger partial charge on any atom is 0.230 e. The smallest absolute Gasteiger partial charge is 0.230 e. The first kappa shape index (κ1) is 15.9. The number of carbonyl (C=O) groups is 2. The summed E-state index contributed by atoms with van der Waals surface area (Å²) in [5, 5.41) is 2.65. The molecule has 1 N–H and O–H groups in total. The second-order valence-corrected chi connectivity index (χ2v) is 6.14. The van der Waals surface area contributed by atoms with Crippen molar-refractivity contribution in [3.05, 3.63) is 29.6 Å². The average Bonchev–Trinajstić information content (AvgIpc) is 3.03. The van der Waals surface area contributed by atoms with Crippen molar-refractivity contribution in [3.63, 3.8) is 0 Å². The Balaban J connectivity index is 1.81. The third kappa shape index (κ3) is 3.37. The highest BCUT2D eigenvalue weighted by atomic mass is 19.1. The van der Waals surface area contributed by atoms with E-state index in [0.717, 1.165) is 13.0 Å². The van der Waals surface area contributed by atoms with Gasteiger partial charge in [0.15, 0.2) is 0 Å². The van der Waals surface area contributed by atoms with Gasteiger partial charge in [0, 0.05) is 37.7 Å². The minimum atomic E-state index is -0.540. The van der Waals surface area contributed by atoms with Crippen LogP contribution in [0.25, 0.3) is 0 Å². The molecule has 3 rings (SSSR count). The van der Waals surface area contributed by atoms with Crippen LogP contribution in [0.1, 0.15) is 31.2 Å². The molecule has 6 heteroatoms. The van der Waals surface area contributed by atoms with Crippen LogP contribution in [0, 0.1) is 11.7 Å². The molecule has 0 saturated carbocycles. The summed E-state index contributed by atoms with van der Waals surface area (Å²) in [5.41, 5.74) is 1.09. The molecule has 1 saturated heterocycles. The predicted molar refractivity (Wildman–Crippen MR) is 83.6 cm³/mol. The minimum Gasteiger partial charge on any atom is -0.381 e. The average molecular weight is 320 g/mol. The summed E-state index contributed by atoms with van der Waals surface area (Å²) in [6, 6.07) is 4.20. The van der Waals surface area contributed by atoms with E-state index in [1.807, 2.05) is 6.92 Å². The Morgan fingerprint density at radius 1 is 1.48 bits per heavy atom. The molecule has 2 amide bonds. The fourth-order valence-electron chi connectivity index (χ4n) is 3.29. The van der Waals surface area contributed by atoms with Gasteiger partial charge < -0.3 is 15.0 Å². The molecule has 2 unspecified atom stereocenters. The number of amides is 2. The van der Waals surface area contributed by atoms with E-state index in [1.165, 1.54) is 12.1 Å². The quantitative estimate of drug-likeness (QED) is 0.924. The molecule has 2 aliphatic rings. The number of anilines is 1. The number of nitrogens with zero attached hydrogens (tertiary/aromatic N) is 1. The maximum atomic E-state index is 13.4. The van der Waals surface area contributed by atoms with Crippen LogP contribution in [0.3, 0.4) is 0 Å². The molecule has 0 bridgehead atoms. The molecule has 23 heavy (non-hydrogen) atoms. The highest BCUT2D eigenvalue weighted by Crippen LogP contribution is 2.34. The number of ether oxygens (including phenoxy) is 1. The zero-order valence-electron chi connectivity index (χ0n) is 13.2. The number of likely N-dealkylation sites (N-methyl/N-ethyl adjacent to an activating group) is 1. The lowest BCUT2D eigenvalue weighted by Gasteiger charge is -2.31. The van der Waals surface area contributed by atoms with Gasteiger partial charge in [-0.3, -0.25) is 9.59 Å². The summed E-state index contributed by atoms with van der Waals surface area (Å²) in [7, 11) is 0. The van der Waals surface area contributed by atoms with Crippen molar-refractivity contribution in [2.45, 2.75) is 25.7 Å². The lowest BCUT2D eigenvalue weighted by Crippen LogP contribution is -2.41. The molecule has 1 aromatic carbocycles. The van der Waals surface area contributed by atoms with E-state index in [1.54, 1.807) is 11.0 Å². The van der Waals surface area contributed by atoms with E-state index in [-0.39, 0.29) is 18.2 Å². The van der Waals surface area contributed by atoms with Gasteiger partial charge in [0.05, 0.1) is 12.5 Å². The summed E-state index contributed by atoms with van der Waals surface area (Å²) >= 11 is 0. The molecule has 2 heterocycles. The van der Waals surface area contributed by atoms with Crippen molar-refractivity contribution < 1.29 is 18.7 Å². The first-order chi connectivity index (χ1) is 11.1. The van der Waals surface area contributed by atoms with Gasteiger partial charge in [0.25, 0.3) is 0 Å². The number of hydrogen-bond acceptors (Lipinski definition) is 3. The fourth-order valence-corrected chi connectivity index (χ4v) is 3.29. The molecular formula is C17H21FN2O3. The fraction of sp³-hybridized carbons (Fsp3) is 0.529. The highest BCUT2D eigenvalue weighted by molar-refractivity contribution is 6.01. The van der Waals surface area contributed by atoms with E-state index >= 15 is 0 Å². The van der Waals surface area contributed by atoms with Crippen molar-refractivity contribution in [1.29, 1.82) is 0 Å². The highest BCUT2D eigenvalue weighted by Gasteiger charge is 2.34. The monoisotopic (exact) mass is 320 g/mol. The zero-order chi connectivity index (χ0) is 16.4. The summed E-state index contributed by atoms with van der Waals surface area (Å²) < 4.78 is 18.8. The van der Waals surface area contributed by atoms with Gasteiger partial charge in [0.2, 0.25) is 11.8 Å². The number of hydrogen-bond donors (Lipinski definition) is 1. The van der Waals surface area contributed by atoms with Crippen molar-refractivity contribution in [3.8, 4) is 0 Å². The van der Waals surface area contributed by atoms with Crippen LogP contribution in [0.2, 0.25) is 0 Å². The Bertz CT molecular complexity index is 614. The Labute approximate surface area is 134 Å². The first-order valence-corrected chi connectivity index (χ1v) is 8.04. The van der Waals surface area contributed by atoms with Gasteiger partial charge in [-0.2, -0.15) is 0 Å². The SMILES string of the molecule is CCN(CC1CCOC1)C(=O)C1CC(=O)Nc2cc(F)ccc21. The van der Waals surface area contributed by atoms with E-state index in [4.69, 9.17) is 4.74 Å². The van der Waals surface area contributed by atoms with Crippen LogP contribution in [-0.2, 0) is 14.3 Å². The summed E-state index contributed by atoms with van der Waals surface area (Å²) in [6.45, 7) is 4.58. The van der Waals surface area contributed by atoms with E-state index in [2.05, 4.69) is 5.32 Å². The third-order valence-electron chi connectivity index (χ3n) is 4.55. The van der Waals surface area contributed by atoms with Gasteiger partial charge in [-0.05, 0) is 31.0 Å². The Morgan fingerprint density at radius 3 is 3.00 bits per heavy atom. The molecule has 0 aliphatic carbocycles. The zero-order valence-corrected chi connectivity index (χ0v) is 13.2. The first-order valence-electron chi connectivity index (χ1n) is 8.04. The predicted octanol–water partition coefficient (Wildman–Crippen LogP) is 2.14. The lowest BCUT2D eigenvalue weighted by atomic mass is 9.89. The van der Waals surface area contributed by atoms with Gasteiger partial charge in [-0.1, -0.05) is 6.07 Å². The summed E-state index contributed by atoms with van der Waals surface area (Å²) in [4.78, 5) is 26.6. The van der Waals surface area contributed by atoms with Crippen LogP contribution in [-0.4, -0.2) is 43.0 Å². The Hall–Kier alpha value is -1.95. The molecule has 0 aromatic heterocycles. The van der Waals surface area contributed by atoms with Crippen LogP contribution in [0.4, 0.5) is 10.1 Å². The molecule has 1 aromatic rings. The van der Waals surface area contributed by atoms with Gasteiger partial charge >= 0.3 is 0 Å². The second-order valence-electron chi connectivity index (χ2n) is 6.14. The molecule has 124 valence electrons. The van der Waals surface area contributed by atoms with E-state index in [9.17, 15) is 14.0 Å². The number of carbonyl (C=O) groups excluding carboxylic acids is 2. The van der Waals surface area contributed by atoms with Crippen molar-refractivity contribution in [2.24, 2.45) is 5.92 Å². The molecular weight excluding hydrogens is 299 g/mol. The number of nitrogens with one attached hydrogen (secondary N) is 1. The Kier molecular flexibility index (Phi) is 4.61. The van der Waals surface area contributed by atoms with Gasteiger partial charge in [-0.25, -0.2) is 4.39 Å². The van der Waals surface area contributed by atoms with E-state index in [0.29, 0.717) is 36.9 Å². The number of halogens is 1. The second kappa shape index (κ2) is 6.66. The van der Waals surface area contributed by atoms with Crippen molar-refractivity contribution in [1.82, 2.24) is 4.90 Å². The van der Waals surface area contributed by atoms with Crippen LogP contribution in [0.5, 0.6) is 0 Å². The van der Waals surface area contributed by atoms with Gasteiger partial charge in [0.1, 0.15) is 5.82 Å². The molecule has 0 radical (unpaired) electrons. The molecule has 2 aliphatic heterocycles. The lowest BCUT2D eigenvalue weighted by molar-refractivity contribution is -0.135. The largest absolute Gasteiger partial charge is 0.381 e. The van der Waals surface area contributed by atoms with E-state index < -0.39 is 11.7 Å². The molecule has 0 spiro atoms. The van der Waals surface area contributed by atoms with Crippen molar-refractivity contribution in [2.75, 3.05) is 31.6 Å². The van der Waals surface area contributed by atoms with Crippen LogP contribution < -0.4 is 5.32 Å². The third-order valence-corrected chi connectivity index (χ3v) is 4.55. The van der Waals surface area contributed by atoms with Gasteiger partial charge in [-0.15, -0.1) is 0 Å². The maximum absolute atomic E-state index is 13.4. The van der Waals surface area contributed by atoms with Crippen molar-refractivity contribution >= 4 is 17.5 Å².